The van der Waals surface area contributed by atoms with E-state index in [1.807, 2.05) is 13.0 Å². The van der Waals surface area contributed by atoms with Crippen molar-refractivity contribution in [2.24, 2.45) is 0 Å². The van der Waals surface area contributed by atoms with Gasteiger partial charge in [-0.05, 0) is 95.2 Å². The Kier molecular flexibility index (Phi) is 9.24. The molecule has 0 fully saturated rings. The summed E-state index contributed by atoms with van der Waals surface area (Å²) in [6.45, 7) is 2.59. The minimum atomic E-state index is -0.547. The van der Waals surface area contributed by atoms with Crippen LogP contribution in [0.1, 0.15) is 18.1 Å². The van der Waals surface area contributed by atoms with E-state index in [4.69, 9.17) is 14.2 Å². The largest absolute Gasteiger partial charge is 0.494 e. The van der Waals surface area contributed by atoms with Gasteiger partial charge in [0.05, 0.1) is 22.2 Å². The Morgan fingerprint density at radius 3 is 2.42 bits per heavy atom. The topological polar surface area (TPSA) is 124 Å². The molecule has 3 aromatic rings. The lowest BCUT2D eigenvalue weighted by atomic mass is 10.1. The fourth-order valence-electron chi connectivity index (χ4n) is 3.15. The number of non-ortho nitro benzene ring substituents is 1. The van der Waals surface area contributed by atoms with E-state index < -0.39 is 10.8 Å². The third-order valence-corrected chi connectivity index (χ3v) is 5.68. The molecular formula is C26H22IN3O6. The number of rotatable bonds is 10. The van der Waals surface area contributed by atoms with E-state index in [2.05, 4.69) is 27.9 Å². The van der Waals surface area contributed by atoms with E-state index in [-0.39, 0.29) is 17.9 Å². The molecule has 9 nitrogen and oxygen atoms in total. The first-order valence-corrected chi connectivity index (χ1v) is 11.8. The molecule has 3 aromatic carbocycles. The van der Waals surface area contributed by atoms with Gasteiger partial charge < -0.3 is 19.5 Å². The Morgan fingerprint density at radius 2 is 1.83 bits per heavy atom. The van der Waals surface area contributed by atoms with Crippen LogP contribution >= 0.6 is 22.6 Å². The average molecular weight is 599 g/mol. The number of nitro benzene ring substituents is 1. The van der Waals surface area contributed by atoms with Gasteiger partial charge in [0, 0.05) is 17.8 Å². The molecule has 0 bridgehead atoms. The number of nitrogens with one attached hydrogen (secondary N) is 1. The van der Waals surface area contributed by atoms with Crippen LogP contribution in [0.5, 0.6) is 17.2 Å². The van der Waals surface area contributed by atoms with Crippen molar-refractivity contribution in [3.8, 4) is 23.3 Å². The fourth-order valence-corrected chi connectivity index (χ4v) is 3.93. The lowest BCUT2D eigenvalue weighted by Gasteiger charge is -2.14. The minimum absolute atomic E-state index is 0.00177. The number of anilines is 1. The van der Waals surface area contributed by atoms with Crippen LogP contribution in [0.3, 0.4) is 0 Å². The van der Waals surface area contributed by atoms with Crippen LogP contribution in [0.4, 0.5) is 11.4 Å². The van der Waals surface area contributed by atoms with Gasteiger partial charge in [0.25, 0.3) is 11.6 Å². The number of amides is 1. The third-order valence-electron chi connectivity index (χ3n) is 4.88. The summed E-state index contributed by atoms with van der Waals surface area (Å²) in [5, 5.41) is 23.1. The molecule has 0 aliphatic heterocycles. The second-order valence-electron chi connectivity index (χ2n) is 7.33. The van der Waals surface area contributed by atoms with Gasteiger partial charge in [-0.1, -0.05) is 0 Å². The van der Waals surface area contributed by atoms with Crippen molar-refractivity contribution in [3.05, 3.63) is 91.0 Å². The number of halogens is 1. The zero-order chi connectivity index (χ0) is 26.1. The van der Waals surface area contributed by atoms with E-state index in [9.17, 15) is 20.2 Å². The number of nitriles is 1. The Bertz CT molecular complexity index is 1320. The van der Waals surface area contributed by atoms with Crippen LogP contribution in [-0.2, 0) is 11.4 Å². The van der Waals surface area contributed by atoms with Crippen molar-refractivity contribution in [1.82, 2.24) is 0 Å². The van der Waals surface area contributed by atoms with Crippen molar-refractivity contribution >= 4 is 45.9 Å². The molecule has 0 saturated carbocycles. The lowest BCUT2D eigenvalue weighted by molar-refractivity contribution is -0.384. The van der Waals surface area contributed by atoms with Gasteiger partial charge in [-0.2, -0.15) is 5.26 Å². The number of ether oxygens (including phenoxy) is 3. The molecule has 184 valence electrons. The van der Waals surface area contributed by atoms with E-state index >= 15 is 0 Å². The number of carbonyl (C=O) groups is 1. The second kappa shape index (κ2) is 12.6. The third kappa shape index (κ3) is 6.96. The zero-order valence-electron chi connectivity index (χ0n) is 19.5. The maximum Gasteiger partial charge on any atom is 0.269 e. The summed E-state index contributed by atoms with van der Waals surface area (Å²) in [5.41, 5.74) is 1.78. The molecule has 0 aliphatic carbocycles. The zero-order valence-corrected chi connectivity index (χ0v) is 21.6. The highest BCUT2D eigenvalue weighted by Gasteiger charge is 2.15. The standard InChI is InChI=1S/C26H22IN3O6/c1-3-35-22-10-6-20(7-11-22)29-26(31)19(15-28)12-18-13-23(27)25(24(14-18)34-2)36-16-17-4-8-21(9-5-17)30(32)33/h4-14H,3,16H2,1-2H3,(H,29,31)/b19-12-. The summed E-state index contributed by atoms with van der Waals surface area (Å²) in [6, 6.07) is 18.3. The van der Waals surface area contributed by atoms with Crippen LogP contribution in [0.2, 0.25) is 0 Å². The first-order valence-electron chi connectivity index (χ1n) is 10.7. The molecule has 1 amide bonds. The van der Waals surface area contributed by atoms with Gasteiger partial charge in [-0.25, -0.2) is 0 Å². The lowest BCUT2D eigenvalue weighted by Crippen LogP contribution is -2.13. The molecule has 0 heterocycles. The molecule has 0 atom stereocenters. The summed E-state index contributed by atoms with van der Waals surface area (Å²) in [6.07, 6.45) is 1.47. The number of hydrogen-bond acceptors (Lipinski definition) is 7. The maximum absolute atomic E-state index is 12.7. The summed E-state index contributed by atoms with van der Waals surface area (Å²) >= 11 is 2.08. The highest BCUT2D eigenvalue weighted by atomic mass is 127. The Labute approximate surface area is 221 Å². The molecular weight excluding hydrogens is 577 g/mol. The second-order valence-corrected chi connectivity index (χ2v) is 8.49. The number of benzene rings is 3. The smallest absolute Gasteiger partial charge is 0.269 e. The molecule has 3 rings (SSSR count). The number of nitro groups is 1. The van der Waals surface area contributed by atoms with E-state index in [1.54, 1.807) is 48.5 Å². The highest BCUT2D eigenvalue weighted by molar-refractivity contribution is 14.1. The van der Waals surface area contributed by atoms with Crippen molar-refractivity contribution in [3.63, 3.8) is 0 Å². The number of methoxy groups -OCH3 is 1. The Balaban J connectivity index is 1.75. The molecule has 1 N–H and O–H groups in total. The average Bonchev–Trinajstić information content (AvgIpc) is 2.87. The number of carbonyl (C=O) groups excluding carboxylic acids is 1. The fraction of sp³-hybridized carbons (Fsp3) is 0.154. The molecule has 0 spiro atoms. The van der Waals surface area contributed by atoms with E-state index in [0.29, 0.717) is 38.7 Å². The van der Waals surface area contributed by atoms with Gasteiger partial charge in [-0.15, -0.1) is 0 Å². The van der Waals surface area contributed by atoms with Gasteiger partial charge >= 0.3 is 0 Å². The molecule has 0 saturated heterocycles. The molecule has 0 aliphatic rings. The SMILES string of the molecule is CCOc1ccc(NC(=O)/C(C#N)=C\c2cc(I)c(OCc3ccc([N+](=O)[O-])cc3)c(OC)c2)cc1. The normalized spacial score (nSPS) is 10.8. The monoisotopic (exact) mass is 599 g/mol. The summed E-state index contributed by atoms with van der Waals surface area (Å²) in [4.78, 5) is 23.0. The van der Waals surface area contributed by atoms with Crippen LogP contribution in [-0.4, -0.2) is 24.5 Å². The predicted octanol–water partition coefficient (Wildman–Crippen LogP) is 5.73. The number of hydrogen-bond donors (Lipinski definition) is 1. The van der Waals surface area contributed by atoms with Crippen molar-refractivity contribution in [2.45, 2.75) is 13.5 Å². The van der Waals surface area contributed by atoms with E-state index in [0.717, 1.165) is 5.56 Å². The molecule has 0 radical (unpaired) electrons. The van der Waals surface area contributed by atoms with Crippen LogP contribution in [0.15, 0.2) is 66.2 Å². The number of nitrogens with zero attached hydrogens (tertiary/aromatic N) is 2. The van der Waals surface area contributed by atoms with Gasteiger partial charge in [0.2, 0.25) is 0 Å². The maximum atomic E-state index is 12.7. The Morgan fingerprint density at radius 1 is 1.14 bits per heavy atom. The van der Waals surface area contributed by atoms with Crippen molar-refractivity contribution in [1.29, 1.82) is 5.26 Å². The molecule has 0 aromatic heterocycles. The minimum Gasteiger partial charge on any atom is -0.494 e. The molecule has 10 heteroatoms. The Hall–Kier alpha value is -4.11. The summed E-state index contributed by atoms with van der Waals surface area (Å²) in [7, 11) is 1.49. The molecule has 36 heavy (non-hydrogen) atoms. The summed E-state index contributed by atoms with van der Waals surface area (Å²) in [5.74, 6) is 1.03. The van der Waals surface area contributed by atoms with Gasteiger partial charge in [0.15, 0.2) is 11.5 Å². The van der Waals surface area contributed by atoms with Gasteiger partial charge in [-0.3, -0.25) is 14.9 Å². The van der Waals surface area contributed by atoms with Crippen molar-refractivity contribution < 1.29 is 23.9 Å². The van der Waals surface area contributed by atoms with E-state index in [1.165, 1.54) is 25.3 Å². The quantitative estimate of drug-likeness (QED) is 0.104. The predicted molar refractivity (Wildman–Crippen MR) is 143 cm³/mol. The first-order chi connectivity index (χ1) is 17.3. The van der Waals surface area contributed by atoms with Crippen LogP contribution in [0, 0.1) is 25.0 Å². The van der Waals surface area contributed by atoms with Gasteiger partial charge in [0.1, 0.15) is 24.0 Å². The van der Waals surface area contributed by atoms with Crippen molar-refractivity contribution in [2.75, 3.05) is 19.0 Å². The first kappa shape index (κ1) is 26.5. The van der Waals surface area contributed by atoms with Crippen LogP contribution in [0.25, 0.3) is 6.08 Å². The summed E-state index contributed by atoms with van der Waals surface area (Å²) < 4.78 is 17.5. The molecule has 0 unspecified atom stereocenters. The van der Waals surface area contributed by atoms with Crippen LogP contribution < -0.4 is 19.5 Å². The highest BCUT2D eigenvalue weighted by Crippen LogP contribution is 2.35.